The predicted octanol–water partition coefficient (Wildman–Crippen LogP) is 35.1. The van der Waals surface area contributed by atoms with Gasteiger partial charge in [0.2, 0.25) is 0 Å². The van der Waals surface area contributed by atoms with Crippen molar-refractivity contribution in [1.82, 2.24) is 36.5 Å². The van der Waals surface area contributed by atoms with Crippen LogP contribution >= 0.6 is 0 Å². The van der Waals surface area contributed by atoms with Crippen LogP contribution in [0.1, 0.15) is 0 Å². The monoisotopic (exact) mass is 1800 g/mol. The number of nitrogens with zero attached hydrogens (tertiary/aromatic N) is 8. The molecule has 0 atom stereocenters. The maximum Gasteiger partial charge on any atom is 0.143 e. The normalized spacial score (nSPS) is 12.0. The Morgan fingerprint density at radius 3 is 0.695 bits per heavy atom. The summed E-state index contributed by atoms with van der Waals surface area (Å²) in [6.45, 7) is 0. The van der Waals surface area contributed by atoms with Gasteiger partial charge in [-0.15, -0.1) is 0 Å². The molecular weight excluding hydrogens is 1710 g/mol. The number of hydrogen-bond donors (Lipinski definition) is 0. The van der Waals surface area contributed by atoms with Crippen molar-refractivity contribution in [3.63, 3.8) is 0 Å². The van der Waals surface area contributed by atoms with E-state index in [1.807, 2.05) is 6.07 Å². The van der Waals surface area contributed by atoms with E-state index in [0.717, 1.165) is 61.5 Å². The third-order valence-electron chi connectivity index (χ3n) is 29.3. The summed E-state index contributed by atoms with van der Waals surface area (Å²) >= 11 is 0. The minimum atomic E-state index is 0.914. The molecule has 31 aromatic rings. The molecule has 0 saturated carbocycles. The minimum Gasteiger partial charge on any atom is -0.455 e. The largest absolute Gasteiger partial charge is 0.455 e. The van der Waals surface area contributed by atoms with Crippen molar-refractivity contribution in [3.8, 4) is 67.8 Å². The molecule has 9 nitrogen and oxygen atoms in total. The highest BCUT2D eigenvalue weighted by Crippen LogP contribution is 2.50. The van der Waals surface area contributed by atoms with Crippen LogP contribution in [0.15, 0.2) is 514 Å². The number of fused-ring (bicyclic) bond motifs is 30. The Labute approximate surface area is 809 Å². The van der Waals surface area contributed by atoms with E-state index < -0.39 is 0 Å². The summed E-state index contributed by atoms with van der Waals surface area (Å²) in [6.07, 6.45) is 0. The van der Waals surface area contributed by atoms with E-state index in [9.17, 15) is 0 Å². The van der Waals surface area contributed by atoms with Crippen molar-refractivity contribution in [3.05, 3.63) is 510 Å². The maximum absolute atomic E-state index is 6.48. The summed E-state index contributed by atoms with van der Waals surface area (Å²) in [7, 11) is 0. The smallest absolute Gasteiger partial charge is 0.143 e. The van der Waals surface area contributed by atoms with Crippen LogP contribution in [0.3, 0.4) is 0 Å². The highest BCUT2D eigenvalue weighted by atomic mass is 16.3. The third kappa shape index (κ3) is 12.2. The topological polar surface area (TPSA) is 52.6 Å². The molecule has 22 aromatic carbocycles. The first-order chi connectivity index (χ1) is 70.0. The van der Waals surface area contributed by atoms with Gasteiger partial charge < -0.3 is 41.0 Å². The number of aromatic nitrogens is 8. The van der Waals surface area contributed by atoms with E-state index in [0.29, 0.717) is 0 Å². The Hall–Kier alpha value is -19.0. The molecule has 0 aliphatic heterocycles. The predicted molar refractivity (Wildman–Crippen MR) is 592 cm³/mol. The lowest BCUT2D eigenvalue weighted by molar-refractivity contribution is 0.670. The Kier molecular flexibility index (Phi) is 17.9. The molecule has 9 aromatic heterocycles. The van der Waals surface area contributed by atoms with E-state index in [1.54, 1.807) is 0 Å². The van der Waals surface area contributed by atoms with Crippen molar-refractivity contribution < 1.29 is 4.42 Å². The molecule has 0 fully saturated rings. The highest BCUT2D eigenvalue weighted by molar-refractivity contribution is 6.33. The lowest BCUT2D eigenvalue weighted by Gasteiger charge is -2.10. The van der Waals surface area contributed by atoms with Crippen LogP contribution in [0.2, 0.25) is 0 Å². The van der Waals surface area contributed by atoms with Crippen LogP contribution in [0.5, 0.6) is 0 Å². The quantitative estimate of drug-likeness (QED) is 0.135. The zero-order chi connectivity index (χ0) is 92.4. The molecule has 0 unspecified atom stereocenters. The number of hydrogen-bond acceptors (Lipinski definition) is 1. The standard InChI is InChI=1S/C48H31N3.C42H27N3.C42H26N2O/c1-4-14-34(15-5-1)49-41-22-12-10-20-37(41)39-30-32(24-26-43(39)49)33-25-27-44-40(31-33)48-46(51(44)36-18-8-3-9-19-36)29-28-45-47(48)38-21-11-13-23-42(38)50(45)35-16-6-2-7-17-35;1-3-13-28(14-4-1)43-37-22-12-9-19-33(37)41-39(43)25-26-40-42(41)34-27-30(23-24-38(34)44(40)29-15-5-2-6-16-29)45-35-20-10-7-17-31(35)32-18-8-11-21-36(32)45;1-3-12-28(13-4-1)43-35-20-9-7-17-33(35)40-37(43)24-25-38-41(40)34-26-27(22-23-36(34)44(38)29-14-5-2-6-15-29)30-18-11-19-32-31-16-8-10-21-39(31)45-42(30)32/h1-31H;1-27H;1-26H. The third-order valence-corrected chi connectivity index (χ3v) is 29.3. The van der Waals surface area contributed by atoms with Gasteiger partial charge in [0.1, 0.15) is 11.2 Å². The van der Waals surface area contributed by atoms with Gasteiger partial charge in [-0.3, -0.25) is 0 Å². The van der Waals surface area contributed by atoms with Crippen LogP contribution < -0.4 is 0 Å². The molecule has 141 heavy (non-hydrogen) atoms. The fraction of sp³-hybridized carbons (Fsp3) is 0. The zero-order valence-corrected chi connectivity index (χ0v) is 76.5. The molecular formula is C132H84N8O. The summed E-state index contributed by atoms with van der Waals surface area (Å²) in [5.41, 5.74) is 35.1. The van der Waals surface area contributed by atoms with Gasteiger partial charge in [0.25, 0.3) is 0 Å². The summed E-state index contributed by atoms with van der Waals surface area (Å²) in [4.78, 5) is 0. The zero-order valence-electron chi connectivity index (χ0n) is 76.5. The van der Waals surface area contributed by atoms with E-state index in [-0.39, 0.29) is 0 Å². The molecule has 0 bridgehead atoms. The Bertz CT molecular complexity index is 10400. The number of furan rings is 1. The molecule has 0 radical (unpaired) electrons. The second-order valence-corrected chi connectivity index (χ2v) is 36.9. The fourth-order valence-corrected chi connectivity index (χ4v) is 23.5. The van der Waals surface area contributed by atoms with Crippen LogP contribution in [-0.2, 0) is 0 Å². The highest BCUT2D eigenvalue weighted by Gasteiger charge is 2.28. The average Bonchev–Trinajstić information content (AvgIpc) is 1.55. The molecule has 658 valence electrons. The van der Waals surface area contributed by atoms with Gasteiger partial charge in [-0.1, -0.05) is 291 Å². The average molecular weight is 1800 g/mol. The Morgan fingerprint density at radius 1 is 0.121 bits per heavy atom. The van der Waals surface area contributed by atoms with Crippen LogP contribution in [0, 0.1) is 0 Å². The van der Waals surface area contributed by atoms with Gasteiger partial charge >= 0.3 is 0 Å². The Balaban J connectivity index is 0.000000102. The van der Waals surface area contributed by atoms with Crippen LogP contribution in [0.25, 0.3) is 264 Å². The van der Waals surface area contributed by atoms with Gasteiger partial charge in [-0.25, -0.2) is 0 Å². The van der Waals surface area contributed by atoms with Gasteiger partial charge in [0.05, 0.1) is 88.3 Å². The first kappa shape index (κ1) is 79.4. The van der Waals surface area contributed by atoms with E-state index in [2.05, 4.69) is 540 Å². The number of benzene rings is 22. The molecule has 0 aliphatic carbocycles. The van der Waals surface area contributed by atoms with Crippen molar-refractivity contribution in [2.45, 2.75) is 0 Å². The summed E-state index contributed by atoms with van der Waals surface area (Å²) < 4.78 is 25.8. The molecule has 0 amide bonds. The van der Waals surface area contributed by atoms with Crippen molar-refractivity contribution >= 4 is 196 Å². The van der Waals surface area contributed by atoms with Gasteiger partial charge in [-0.05, 0) is 235 Å². The van der Waals surface area contributed by atoms with Crippen molar-refractivity contribution in [2.24, 2.45) is 0 Å². The summed E-state index contributed by atoms with van der Waals surface area (Å²) in [6, 6.07) is 184. The minimum absolute atomic E-state index is 0.914. The van der Waals surface area contributed by atoms with Crippen LogP contribution in [-0.4, -0.2) is 36.5 Å². The van der Waals surface area contributed by atoms with Gasteiger partial charge in [0.15, 0.2) is 0 Å². The molecule has 0 saturated heterocycles. The van der Waals surface area contributed by atoms with Crippen molar-refractivity contribution in [1.29, 1.82) is 0 Å². The second kappa shape index (κ2) is 31.8. The first-order valence-corrected chi connectivity index (χ1v) is 48.4. The second-order valence-electron chi connectivity index (χ2n) is 36.9. The lowest BCUT2D eigenvalue weighted by Crippen LogP contribution is -1.95. The number of rotatable bonds is 10. The van der Waals surface area contributed by atoms with Crippen molar-refractivity contribution in [2.75, 3.05) is 0 Å². The van der Waals surface area contributed by atoms with E-state index in [1.165, 1.54) is 203 Å². The Morgan fingerprint density at radius 2 is 0.340 bits per heavy atom. The number of para-hydroxylation sites is 15. The summed E-state index contributed by atoms with van der Waals surface area (Å²) in [5.74, 6) is 0. The maximum atomic E-state index is 6.48. The first-order valence-electron chi connectivity index (χ1n) is 48.4. The van der Waals surface area contributed by atoms with Gasteiger partial charge in [0, 0.05) is 148 Å². The molecule has 9 heterocycles. The SMILES string of the molecule is c1ccc(-n2c3ccccc3c3c4c5cc(-c6cccc7c6oc6ccccc67)ccc5n(-c5ccccc5)c4ccc32)cc1.c1ccc(-n2c3ccccc3c3c4c5cc(-n6c7ccccc7c7ccccc76)ccc5n(-c5ccccc5)c4ccc32)cc1.c1ccc(-n2c3ccccc3c3cc(-c4ccc5c(c4)c4c6c7ccccc7n(-c7ccccc7)c6ccc4n5-c4ccccc4)ccc32)cc1. The van der Waals surface area contributed by atoms with Crippen LogP contribution in [0.4, 0.5) is 0 Å². The molecule has 9 heteroatoms. The van der Waals surface area contributed by atoms with E-state index in [4.69, 9.17) is 4.42 Å². The molecule has 0 aliphatic rings. The fourth-order valence-electron chi connectivity index (χ4n) is 23.5. The molecule has 0 spiro atoms. The molecule has 31 rings (SSSR count). The lowest BCUT2D eigenvalue weighted by atomic mass is 9.99. The molecule has 0 N–H and O–H groups in total. The van der Waals surface area contributed by atoms with Gasteiger partial charge in [-0.2, -0.15) is 0 Å². The van der Waals surface area contributed by atoms with E-state index >= 15 is 0 Å². The summed E-state index contributed by atoms with van der Waals surface area (Å²) in [5, 5.41) is 22.5.